The van der Waals surface area contributed by atoms with E-state index in [1.54, 1.807) is 6.20 Å². The molecule has 2 heterocycles. The van der Waals surface area contributed by atoms with E-state index in [0.717, 1.165) is 44.6 Å². The normalized spacial score (nSPS) is 28.5. The van der Waals surface area contributed by atoms with Crippen molar-refractivity contribution in [1.29, 1.82) is 0 Å². The van der Waals surface area contributed by atoms with E-state index in [1.807, 2.05) is 12.1 Å². The van der Waals surface area contributed by atoms with Gasteiger partial charge in [-0.15, -0.1) is 5.10 Å². The molecule has 0 radical (unpaired) electrons. The van der Waals surface area contributed by atoms with Gasteiger partial charge in [0.15, 0.2) is 5.82 Å². The molecule has 1 aliphatic heterocycles. The standard InChI is InChI=1S/C16H26N4O/c1-19(16-7-4-10-17-18-16)13-8-11-20(12-9-13)14-5-2-3-6-15(14)21/h4,7,10,13-15,21H,2-3,5-6,8-9,11-12H2,1H3. The Bertz CT molecular complexity index is 433. The second-order valence-corrected chi connectivity index (χ2v) is 6.38. The number of hydrogen-bond donors (Lipinski definition) is 1. The summed E-state index contributed by atoms with van der Waals surface area (Å²) < 4.78 is 0. The zero-order valence-electron chi connectivity index (χ0n) is 12.9. The van der Waals surface area contributed by atoms with Gasteiger partial charge in [0.1, 0.15) is 0 Å². The van der Waals surface area contributed by atoms with E-state index >= 15 is 0 Å². The molecule has 21 heavy (non-hydrogen) atoms. The molecule has 0 bridgehead atoms. The van der Waals surface area contributed by atoms with Crippen LogP contribution in [0.5, 0.6) is 0 Å². The van der Waals surface area contributed by atoms with Crippen molar-refractivity contribution in [2.24, 2.45) is 0 Å². The lowest BCUT2D eigenvalue weighted by Crippen LogP contribution is -2.51. The fraction of sp³-hybridized carbons (Fsp3) is 0.750. The highest BCUT2D eigenvalue weighted by atomic mass is 16.3. The zero-order chi connectivity index (χ0) is 14.7. The maximum Gasteiger partial charge on any atom is 0.151 e. The molecule has 1 aliphatic carbocycles. The average molecular weight is 290 g/mol. The van der Waals surface area contributed by atoms with Crippen LogP contribution in [0.1, 0.15) is 38.5 Å². The van der Waals surface area contributed by atoms with Gasteiger partial charge in [-0.2, -0.15) is 5.10 Å². The van der Waals surface area contributed by atoms with Crippen LogP contribution in [0, 0.1) is 0 Å². The highest BCUT2D eigenvalue weighted by molar-refractivity contribution is 5.36. The molecule has 5 nitrogen and oxygen atoms in total. The monoisotopic (exact) mass is 290 g/mol. The Labute approximate surface area is 127 Å². The van der Waals surface area contributed by atoms with Crippen LogP contribution in [0.3, 0.4) is 0 Å². The van der Waals surface area contributed by atoms with Crippen molar-refractivity contribution in [3.8, 4) is 0 Å². The van der Waals surface area contributed by atoms with E-state index in [2.05, 4.69) is 27.0 Å². The molecule has 2 aliphatic rings. The summed E-state index contributed by atoms with van der Waals surface area (Å²) in [5.41, 5.74) is 0. The fourth-order valence-electron chi connectivity index (χ4n) is 3.79. The lowest BCUT2D eigenvalue weighted by molar-refractivity contribution is 0.00885. The van der Waals surface area contributed by atoms with Crippen molar-refractivity contribution in [1.82, 2.24) is 15.1 Å². The first-order chi connectivity index (χ1) is 10.3. The van der Waals surface area contributed by atoms with Crippen molar-refractivity contribution in [3.63, 3.8) is 0 Å². The number of piperidine rings is 1. The van der Waals surface area contributed by atoms with Crippen LogP contribution in [0.25, 0.3) is 0 Å². The van der Waals surface area contributed by atoms with Crippen LogP contribution in [0.4, 0.5) is 5.82 Å². The average Bonchev–Trinajstić information content (AvgIpc) is 2.56. The smallest absolute Gasteiger partial charge is 0.151 e. The number of nitrogens with zero attached hydrogens (tertiary/aromatic N) is 4. The molecule has 3 rings (SSSR count). The van der Waals surface area contributed by atoms with Crippen LogP contribution in [-0.4, -0.2) is 58.5 Å². The zero-order valence-corrected chi connectivity index (χ0v) is 12.9. The second kappa shape index (κ2) is 6.71. The van der Waals surface area contributed by atoms with Crippen LogP contribution < -0.4 is 4.90 Å². The molecular formula is C16H26N4O. The summed E-state index contributed by atoms with van der Waals surface area (Å²) in [4.78, 5) is 4.76. The van der Waals surface area contributed by atoms with E-state index < -0.39 is 0 Å². The fourth-order valence-corrected chi connectivity index (χ4v) is 3.79. The third-order valence-electron chi connectivity index (χ3n) is 5.13. The van der Waals surface area contributed by atoms with E-state index in [4.69, 9.17) is 0 Å². The molecule has 0 aromatic carbocycles. The number of rotatable bonds is 3. The third kappa shape index (κ3) is 3.35. The number of likely N-dealkylation sites (tertiary alicyclic amines) is 1. The molecule has 116 valence electrons. The van der Waals surface area contributed by atoms with Gasteiger partial charge in [0.2, 0.25) is 0 Å². The Hall–Kier alpha value is -1.20. The van der Waals surface area contributed by atoms with Gasteiger partial charge in [0.25, 0.3) is 0 Å². The molecule has 0 spiro atoms. The summed E-state index contributed by atoms with van der Waals surface area (Å²) >= 11 is 0. The topological polar surface area (TPSA) is 52.5 Å². The summed E-state index contributed by atoms with van der Waals surface area (Å²) in [5.74, 6) is 0.952. The summed E-state index contributed by atoms with van der Waals surface area (Å²) in [7, 11) is 2.11. The maximum atomic E-state index is 10.2. The lowest BCUT2D eigenvalue weighted by atomic mass is 9.89. The molecular weight excluding hydrogens is 264 g/mol. The van der Waals surface area contributed by atoms with Crippen molar-refractivity contribution in [2.45, 2.75) is 56.7 Å². The summed E-state index contributed by atoms with van der Waals surface area (Å²) in [6.07, 6.45) is 8.45. The van der Waals surface area contributed by atoms with E-state index in [9.17, 15) is 5.11 Å². The Morgan fingerprint density at radius 2 is 1.95 bits per heavy atom. The van der Waals surface area contributed by atoms with Crippen LogP contribution in [-0.2, 0) is 0 Å². The van der Waals surface area contributed by atoms with Gasteiger partial charge < -0.3 is 10.0 Å². The Morgan fingerprint density at radius 3 is 2.62 bits per heavy atom. The number of aliphatic hydroxyl groups excluding tert-OH is 1. The Morgan fingerprint density at radius 1 is 1.19 bits per heavy atom. The first-order valence-corrected chi connectivity index (χ1v) is 8.18. The quantitative estimate of drug-likeness (QED) is 0.918. The number of aromatic nitrogens is 2. The van der Waals surface area contributed by atoms with Crippen LogP contribution in [0.2, 0.25) is 0 Å². The molecule has 1 aromatic rings. The first-order valence-electron chi connectivity index (χ1n) is 8.18. The number of hydrogen-bond acceptors (Lipinski definition) is 5. The minimum Gasteiger partial charge on any atom is -0.391 e. The van der Waals surface area contributed by atoms with Gasteiger partial charge in [-0.25, -0.2) is 0 Å². The van der Waals surface area contributed by atoms with Gasteiger partial charge in [0.05, 0.1) is 6.10 Å². The van der Waals surface area contributed by atoms with Gasteiger partial charge in [-0.1, -0.05) is 12.8 Å². The van der Waals surface area contributed by atoms with Crippen molar-refractivity contribution in [3.05, 3.63) is 18.3 Å². The van der Waals surface area contributed by atoms with E-state index in [0.29, 0.717) is 12.1 Å². The molecule has 2 atom stereocenters. The lowest BCUT2D eigenvalue weighted by Gasteiger charge is -2.43. The molecule has 2 fully saturated rings. The van der Waals surface area contributed by atoms with E-state index in [-0.39, 0.29) is 6.10 Å². The molecule has 1 saturated heterocycles. The van der Waals surface area contributed by atoms with Crippen molar-refractivity contribution >= 4 is 5.82 Å². The third-order valence-corrected chi connectivity index (χ3v) is 5.13. The largest absolute Gasteiger partial charge is 0.391 e. The summed E-state index contributed by atoms with van der Waals surface area (Å²) in [5, 5.41) is 18.4. The molecule has 2 unspecified atom stereocenters. The molecule has 0 amide bonds. The highest BCUT2D eigenvalue weighted by Crippen LogP contribution is 2.27. The Kier molecular flexibility index (Phi) is 4.70. The van der Waals surface area contributed by atoms with E-state index in [1.165, 1.54) is 12.8 Å². The summed E-state index contributed by atoms with van der Waals surface area (Å²) in [6.45, 7) is 2.16. The number of anilines is 1. The molecule has 1 saturated carbocycles. The first kappa shape index (κ1) is 14.7. The molecule has 1 N–H and O–H groups in total. The summed E-state index contributed by atoms with van der Waals surface area (Å²) in [6, 6.07) is 4.87. The molecule has 1 aromatic heterocycles. The predicted octanol–water partition coefficient (Wildman–Crippen LogP) is 1.68. The highest BCUT2D eigenvalue weighted by Gasteiger charge is 2.32. The second-order valence-electron chi connectivity index (χ2n) is 6.38. The van der Waals surface area contributed by atoms with Crippen LogP contribution in [0.15, 0.2) is 18.3 Å². The minimum absolute atomic E-state index is 0.118. The van der Waals surface area contributed by atoms with Gasteiger partial charge in [0, 0.05) is 38.4 Å². The van der Waals surface area contributed by atoms with Gasteiger partial charge in [-0.05, 0) is 37.8 Å². The van der Waals surface area contributed by atoms with Gasteiger partial charge >= 0.3 is 0 Å². The SMILES string of the molecule is CN(c1cccnn1)C1CCN(C2CCCCC2O)CC1. The minimum atomic E-state index is -0.118. The Balaban J connectivity index is 1.55. The van der Waals surface area contributed by atoms with Crippen molar-refractivity contribution in [2.75, 3.05) is 25.0 Å². The van der Waals surface area contributed by atoms with Crippen molar-refractivity contribution < 1.29 is 5.11 Å². The molecule has 5 heteroatoms. The van der Waals surface area contributed by atoms with Gasteiger partial charge in [-0.3, -0.25) is 4.90 Å². The number of aliphatic hydroxyl groups is 1. The predicted molar refractivity (Wildman–Crippen MR) is 83.3 cm³/mol. The van der Waals surface area contributed by atoms with Crippen LogP contribution >= 0.6 is 0 Å². The maximum absolute atomic E-state index is 10.2.